The van der Waals surface area contributed by atoms with Crippen LogP contribution in [0.3, 0.4) is 0 Å². The third-order valence-corrected chi connectivity index (χ3v) is 4.94. The fraction of sp³-hybridized carbons (Fsp3) is 0.300. The van der Waals surface area contributed by atoms with Crippen molar-refractivity contribution < 1.29 is 9.59 Å². The summed E-state index contributed by atoms with van der Waals surface area (Å²) in [7, 11) is 0. The van der Waals surface area contributed by atoms with Crippen LogP contribution in [-0.2, 0) is 0 Å². The van der Waals surface area contributed by atoms with Gasteiger partial charge < -0.3 is 10.6 Å². The van der Waals surface area contributed by atoms with E-state index in [0.717, 1.165) is 34.6 Å². The van der Waals surface area contributed by atoms with Gasteiger partial charge in [0.25, 0.3) is 11.8 Å². The van der Waals surface area contributed by atoms with Crippen LogP contribution in [-0.4, -0.2) is 35.6 Å². The van der Waals surface area contributed by atoms with Crippen molar-refractivity contribution in [2.24, 2.45) is 0 Å². The number of carbonyl (C=O) groups is 2. The summed E-state index contributed by atoms with van der Waals surface area (Å²) in [5.41, 5.74) is 3.30. The molecule has 0 heterocycles. The van der Waals surface area contributed by atoms with E-state index in [1.807, 2.05) is 48.5 Å². The normalized spacial score (nSPS) is 10.4. The van der Waals surface area contributed by atoms with Crippen LogP contribution in [0.4, 0.5) is 0 Å². The fourth-order valence-electron chi connectivity index (χ4n) is 2.37. The first-order valence-corrected chi connectivity index (χ1v) is 10.8. The molecule has 0 radical (unpaired) electrons. The zero-order valence-electron chi connectivity index (χ0n) is 14.4. The Bertz CT molecular complexity index is 652. The third-order valence-electron chi connectivity index (χ3n) is 3.82. The molecule has 0 aliphatic rings. The van der Waals surface area contributed by atoms with Gasteiger partial charge in [0.05, 0.1) is 0 Å². The lowest BCUT2D eigenvalue weighted by Crippen LogP contribution is -2.24. The molecule has 6 heteroatoms. The number of carbonyl (C=O) groups excluding carboxylic acids is 2. The highest BCUT2D eigenvalue weighted by molar-refractivity contribution is 9.09. The number of alkyl halides is 2. The zero-order valence-corrected chi connectivity index (χ0v) is 17.6. The van der Waals surface area contributed by atoms with E-state index in [4.69, 9.17) is 0 Å². The summed E-state index contributed by atoms with van der Waals surface area (Å²) in [5, 5.41) is 7.51. The molecule has 0 bridgehead atoms. The van der Waals surface area contributed by atoms with Crippen molar-refractivity contribution in [3.63, 3.8) is 0 Å². The van der Waals surface area contributed by atoms with Gasteiger partial charge in [-0.1, -0.05) is 56.1 Å². The first-order chi connectivity index (χ1) is 12.7. The van der Waals surface area contributed by atoms with Crippen LogP contribution >= 0.6 is 31.9 Å². The van der Waals surface area contributed by atoms with E-state index in [0.29, 0.717) is 24.2 Å². The molecule has 0 fully saturated rings. The predicted molar refractivity (Wildman–Crippen MR) is 113 cm³/mol. The van der Waals surface area contributed by atoms with Gasteiger partial charge in [0.2, 0.25) is 0 Å². The van der Waals surface area contributed by atoms with E-state index < -0.39 is 0 Å². The van der Waals surface area contributed by atoms with Crippen molar-refractivity contribution in [3.8, 4) is 11.1 Å². The lowest BCUT2D eigenvalue weighted by molar-refractivity contribution is 0.0945. The second-order valence-corrected chi connectivity index (χ2v) is 7.34. The highest BCUT2D eigenvalue weighted by atomic mass is 79.9. The molecule has 0 atom stereocenters. The van der Waals surface area contributed by atoms with Crippen molar-refractivity contribution in [3.05, 3.63) is 59.7 Å². The lowest BCUT2D eigenvalue weighted by Gasteiger charge is -2.07. The number of hydrogen-bond donors (Lipinski definition) is 2. The summed E-state index contributed by atoms with van der Waals surface area (Å²) in [4.78, 5) is 24.0. The number of benzene rings is 2. The summed E-state index contributed by atoms with van der Waals surface area (Å²) in [6.07, 6.45) is 1.81. The molecular formula is C20H22Br2N2O2. The molecule has 0 aliphatic heterocycles. The van der Waals surface area contributed by atoms with Gasteiger partial charge in [-0.15, -0.1) is 0 Å². The first-order valence-electron chi connectivity index (χ1n) is 8.54. The van der Waals surface area contributed by atoms with Crippen LogP contribution < -0.4 is 10.6 Å². The van der Waals surface area contributed by atoms with Crippen LogP contribution in [0, 0.1) is 0 Å². The van der Waals surface area contributed by atoms with Crippen molar-refractivity contribution in [1.29, 1.82) is 0 Å². The minimum Gasteiger partial charge on any atom is -0.352 e. The van der Waals surface area contributed by atoms with E-state index in [1.54, 1.807) is 0 Å². The molecule has 0 saturated carbocycles. The maximum atomic E-state index is 12.0. The minimum atomic E-state index is -0.0620. The van der Waals surface area contributed by atoms with Crippen LogP contribution in [0.15, 0.2) is 48.5 Å². The maximum absolute atomic E-state index is 12.0. The molecule has 2 rings (SSSR count). The van der Waals surface area contributed by atoms with Crippen LogP contribution in [0.5, 0.6) is 0 Å². The fourth-order valence-corrected chi connectivity index (χ4v) is 2.93. The molecule has 0 unspecified atom stereocenters. The number of hydrogen-bond acceptors (Lipinski definition) is 2. The average Bonchev–Trinajstić information content (AvgIpc) is 2.68. The Morgan fingerprint density at radius 1 is 0.654 bits per heavy atom. The highest BCUT2D eigenvalue weighted by Crippen LogP contribution is 2.20. The van der Waals surface area contributed by atoms with E-state index in [-0.39, 0.29) is 11.8 Å². The summed E-state index contributed by atoms with van der Waals surface area (Å²) < 4.78 is 0. The van der Waals surface area contributed by atoms with Crippen molar-refractivity contribution in [2.75, 3.05) is 23.7 Å². The van der Waals surface area contributed by atoms with Crippen LogP contribution in [0.2, 0.25) is 0 Å². The Labute approximate surface area is 171 Å². The Balaban J connectivity index is 1.98. The molecule has 4 nitrogen and oxygen atoms in total. The minimum absolute atomic E-state index is 0.0620. The van der Waals surface area contributed by atoms with Gasteiger partial charge in [-0.2, -0.15) is 0 Å². The molecule has 0 saturated heterocycles. The van der Waals surface area contributed by atoms with E-state index in [2.05, 4.69) is 42.5 Å². The Hall–Kier alpha value is -1.66. The Morgan fingerprint density at radius 2 is 1.00 bits per heavy atom. The number of amides is 2. The van der Waals surface area contributed by atoms with Crippen molar-refractivity contribution in [2.45, 2.75) is 12.8 Å². The largest absolute Gasteiger partial charge is 0.352 e. The lowest BCUT2D eigenvalue weighted by atomic mass is 10.0. The molecular weight excluding hydrogens is 460 g/mol. The first kappa shape index (κ1) is 20.6. The summed E-state index contributed by atoms with van der Waals surface area (Å²) in [6.45, 7) is 1.32. The third kappa shape index (κ3) is 6.25. The number of nitrogens with one attached hydrogen (secondary N) is 2. The molecule has 0 aliphatic carbocycles. The Kier molecular flexibility index (Phi) is 8.85. The van der Waals surface area contributed by atoms with E-state index in [9.17, 15) is 9.59 Å². The maximum Gasteiger partial charge on any atom is 0.251 e. The van der Waals surface area contributed by atoms with Crippen LogP contribution in [0.25, 0.3) is 11.1 Å². The SMILES string of the molecule is O=C(NCCCBr)c1ccc(-c2ccc(C(=O)NCCCBr)cc2)cc1. The molecule has 2 aromatic carbocycles. The molecule has 2 amide bonds. The average molecular weight is 482 g/mol. The van der Waals surface area contributed by atoms with Gasteiger partial charge in [-0.3, -0.25) is 9.59 Å². The molecule has 26 heavy (non-hydrogen) atoms. The van der Waals surface area contributed by atoms with Gasteiger partial charge in [0.15, 0.2) is 0 Å². The number of rotatable bonds is 9. The van der Waals surface area contributed by atoms with E-state index >= 15 is 0 Å². The molecule has 2 aromatic rings. The number of halogens is 2. The summed E-state index contributed by atoms with van der Waals surface area (Å²) >= 11 is 6.68. The Morgan fingerprint density at radius 3 is 1.31 bits per heavy atom. The molecule has 0 aromatic heterocycles. The van der Waals surface area contributed by atoms with Gasteiger partial charge >= 0.3 is 0 Å². The smallest absolute Gasteiger partial charge is 0.251 e. The monoisotopic (exact) mass is 480 g/mol. The van der Waals surface area contributed by atoms with Gasteiger partial charge in [-0.25, -0.2) is 0 Å². The van der Waals surface area contributed by atoms with Gasteiger partial charge in [-0.05, 0) is 48.2 Å². The summed E-state index contributed by atoms with van der Waals surface area (Å²) in [6, 6.07) is 15.0. The topological polar surface area (TPSA) is 58.2 Å². The van der Waals surface area contributed by atoms with Crippen molar-refractivity contribution in [1.82, 2.24) is 10.6 Å². The predicted octanol–water partition coefficient (Wildman–Crippen LogP) is 4.38. The quantitative estimate of drug-likeness (QED) is 0.412. The van der Waals surface area contributed by atoms with Gasteiger partial charge in [0, 0.05) is 34.9 Å². The molecule has 2 N–H and O–H groups in total. The second kappa shape index (κ2) is 11.1. The second-order valence-electron chi connectivity index (χ2n) is 5.75. The standard InChI is InChI=1S/C20H22Br2N2O2/c21-11-1-13-23-19(25)17-7-3-15(4-8-17)16-5-9-18(10-6-16)20(26)24-14-2-12-22/h3-10H,1-2,11-14H2,(H,23,25)(H,24,26). The van der Waals surface area contributed by atoms with E-state index in [1.165, 1.54) is 0 Å². The summed E-state index contributed by atoms with van der Waals surface area (Å²) in [5.74, 6) is -0.124. The van der Waals surface area contributed by atoms with Crippen molar-refractivity contribution >= 4 is 43.7 Å². The van der Waals surface area contributed by atoms with Gasteiger partial charge in [0.1, 0.15) is 0 Å². The molecule has 0 spiro atoms. The highest BCUT2D eigenvalue weighted by Gasteiger charge is 2.07. The van der Waals surface area contributed by atoms with Crippen LogP contribution in [0.1, 0.15) is 33.6 Å². The zero-order chi connectivity index (χ0) is 18.8. The molecule has 138 valence electrons.